The zero-order chi connectivity index (χ0) is 26.8. The topological polar surface area (TPSA) is 119 Å². The van der Waals surface area contributed by atoms with E-state index >= 15 is 0 Å². The third-order valence-corrected chi connectivity index (χ3v) is 6.46. The van der Waals surface area contributed by atoms with E-state index in [1.165, 1.54) is 35.4 Å². The van der Waals surface area contributed by atoms with Gasteiger partial charge in [0.15, 0.2) is 11.6 Å². The molecule has 1 N–H and O–H groups in total. The third-order valence-electron chi connectivity index (χ3n) is 5.64. The van der Waals surface area contributed by atoms with Gasteiger partial charge in [-0.05, 0) is 36.2 Å². The lowest BCUT2D eigenvalue weighted by Gasteiger charge is -2.17. The summed E-state index contributed by atoms with van der Waals surface area (Å²) in [5, 5.41) is 11.3. The molecule has 0 aliphatic heterocycles. The lowest BCUT2D eigenvalue weighted by atomic mass is 10.0. The Morgan fingerprint density at radius 1 is 1.18 bits per heavy atom. The first-order valence-corrected chi connectivity index (χ1v) is 12.1. The van der Waals surface area contributed by atoms with Crippen molar-refractivity contribution in [3.63, 3.8) is 0 Å². The fraction of sp³-hybridized carbons (Fsp3) is 0.154. The number of oxazole rings is 1. The van der Waals surface area contributed by atoms with Gasteiger partial charge in [0, 0.05) is 10.9 Å². The standard InChI is InChI=1S/C26H19F2N3O6S/c1-14-11-37-25-17(8-18(27)24(28)23(14)25)15-2-4-16(5-3-15)36-12-21-30-19(13-38-21)26(34)31(10-22(32)33)9-20-29-6-7-35-20/h2-8,11,13H,9-10,12H2,1H3,(H,32,33). The van der Waals surface area contributed by atoms with Crippen molar-refractivity contribution in [3.8, 4) is 16.9 Å². The summed E-state index contributed by atoms with van der Waals surface area (Å²) in [4.78, 5) is 33.3. The van der Waals surface area contributed by atoms with Crippen LogP contribution in [0.2, 0.25) is 0 Å². The number of aromatic nitrogens is 2. The molecular formula is C26H19F2N3O6S. The minimum atomic E-state index is -1.18. The van der Waals surface area contributed by atoms with Crippen LogP contribution >= 0.6 is 11.3 Å². The lowest BCUT2D eigenvalue weighted by molar-refractivity contribution is -0.137. The summed E-state index contributed by atoms with van der Waals surface area (Å²) < 4.78 is 44.8. The average Bonchev–Trinajstić information content (AvgIpc) is 3.66. The van der Waals surface area contributed by atoms with E-state index in [2.05, 4.69) is 9.97 Å². The highest BCUT2D eigenvalue weighted by molar-refractivity contribution is 7.09. The van der Waals surface area contributed by atoms with Crippen LogP contribution in [0.1, 0.15) is 27.0 Å². The number of carbonyl (C=O) groups excluding carboxylic acids is 1. The molecule has 0 atom stereocenters. The quantitative estimate of drug-likeness (QED) is 0.263. The molecule has 3 heterocycles. The number of amides is 1. The number of rotatable bonds is 9. The highest BCUT2D eigenvalue weighted by Gasteiger charge is 2.23. The van der Waals surface area contributed by atoms with Crippen LogP contribution in [0.4, 0.5) is 8.78 Å². The first-order chi connectivity index (χ1) is 18.3. The van der Waals surface area contributed by atoms with Crippen LogP contribution in [0, 0.1) is 18.6 Å². The second kappa shape index (κ2) is 10.4. The number of aryl methyl sites for hydroxylation is 1. The summed E-state index contributed by atoms with van der Waals surface area (Å²) in [6.45, 7) is 1.05. The van der Waals surface area contributed by atoms with E-state index in [1.54, 1.807) is 31.2 Å². The number of carboxylic acids is 1. The molecule has 0 radical (unpaired) electrons. The van der Waals surface area contributed by atoms with E-state index in [0.717, 1.165) is 11.0 Å². The Kier molecular flexibility index (Phi) is 6.88. The number of halogens is 2. The van der Waals surface area contributed by atoms with Gasteiger partial charge in [-0.15, -0.1) is 11.3 Å². The van der Waals surface area contributed by atoms with Gasteiger partial charge in [0.1, 0.15) is 41.4 Å². The lowest BCUT2D eigenvalue weighted by Crippen LogP contribution is -2.35. The first-order valence-electron chi connectivity index (χ1n) is 11.2. The zero-order valence-corrected chi connectivity index (χ0v) is 20.6. The molecule has 12 heteroatoms. The number of hydrogen-bond acceptors (Lipinski definition) is 8. The molecule has 38 heavy (non-hydrogen) atoms. The molecule has 2 aromatic carbocycles. The van der Waals surface area contributed by atoms with E-state index in [9.17, 15) is 23.5 Å². The van der Waals surface area contributed by atoms with Crippen LogP contribution in [-0.4, -0.2) is 38.4 Å². The summed E-state index contributed by atoms with van der Waals surface area (Å²) in [5.41, 5.74) is 1.87. The normalized spacial score (nSPS) is 11.1. The van der Waals surface area contributed by atoms with Crippen molar-refractivity contribution in [1.29, 1.82) is 0 Å². The number of aliphatic carboxylic acids is 1. The summed E-state index contributed by atoms with van der Waals surface area (Å²) in [6.07, 6.45) is 4.12. The third kappa shape index (κ3) is 5.11. The van der Waals surface area contributed by atoms with E-state index in [-0.39, 0.29) is 35.7 Å². The maximum absolute atomic E-state index is 14.2. The van der Waals surface area contributed by atoms with Gasteiger partial charge >= 0.3 is 5.97 Å². The van der Waals surface area contributed by atoms with Crippen LogP contribution in [0.15, 0.2) is 63.3 Å². The fourth-order valence-corrected chi connectivity index (χ4v) is 4.55. The Hall–Kier alpha value is -4.58. The van der Waals surface area contributed by atoms with Gasteiger partial charge < -0.3 is 23.6 Å². The number of nitrogens with zero attached hydrogens (tertiary/aromatic N) is 3. The van der Waals surface area contributed by atoms with Crippen molar-refractivity contribution in [3.05, 3.63) is 88.2 Å². The molecule has 5 aromatic rings. The van der Waals surface area contributed by atoms with Gasteiger partial charge in [-0.25, -0.2) is 18.7 Å². The van der Waals surface area contributed by atoms with E-state index < -0.39 is 30.1 Å². The van der Waals surface area contributed by atoms with Gasteiger partial charge in [0.05, 0.1) is 24.4 Å². The van der Waals surface area contributed by atoms with Crippen molar-refractivity contribution >= 4 is 34.2 Å². The molecule has 0 saturated heterocycles. The van der Waals surface area contributed by atoms with Crippen molar-refractivity contribution in [1.82, 2.24) is 14.9 Å². The predicted molar refractivity (Wildman–Crippen MR) is 132 cm³/mol. The Labute approximate surface area is 217 Å². The van der Waals surface area contributed by atoms with E-state index in [4.69, 9.17) is 13.6 Å². The summed E-state index contributed by atoms with van der Waals surface area (Å²) in [5.74, 6) is -2.98. The number of ether oxygens (including phenoxy) is 1. The van der Waals surface area contributed by atoms with Crippen LogP contribution in [-0.2, 0) is 17.9 Å². The molecule has 0 bridgehead atoms. The highest BCUT2D eigenvalue weighted by Crippen LogP contribution is 2.35. The molecule has 0 unspecified atom stereocenters. The van der Waals surface area contributed by atoms with Crippen molar-refractivity contribution < 1.29 is 37.0 Å². The Bertz CT molecular complexity index is 1610. The zero-order valence-electron chi connectivity index (χ0n) is 19.8. The number of thiazole rings is 1. The maximum atomic E-state index is 14.2. The molecule has 0 aliphatic carbocycles. The summed E-state index contributed by atoms with van der Waals surface area (Å²) >= 11 is 1.19. The fourth-order valence-electron chi connectivity index (χ4n) is 3.87. The Morgan fingerprint density at radius 2 is 1.97 bits per heavy atom. The van der Waals surface area contributed by atoms with Crippen LogP contribution in [0.5, 0.6) is 5.75 Å². The van der Waals surface area contributed by atoms with Crippen molar-refractivity contribution in [2.24, 2.45) is 0 Å². The number of carboxylic acid groups (broad SMARTS) is 1. The van der Waals surface area contributed by atoms with Crippen LogP contribution in [0.25, 0.3) is 22.1 Å². The molecule has 3 aromatic heterocycles. The monoisotopic (exact) mass is 539 g/mol. The summed E-state index contributed by atoms with van der Waals surface area (Å²) in [7, 11) is 0. The predicted octanol–water partition coefficient (Wildman–Crippen LogP) is 5.44. The van der Waals surface area contributed by atoms with Gasteiger partial charge in [0.25, 0.3) is 5.91 Å². The van der Waals surface area contributed by atoms with E-state index in [1.807, 2.05) is 0 Å². The molecule has 9 nitrogen and oxygen atoms in total. The van der Waals surface area contributed by atoms with Gasteiger partial charge in [-0.2, -0.15) is 0 Å². The van der Waals surface area contributed by atoms with Crippen LogP contribution < -0.4 is 4.74 Å². The number of furan rings is 1. The smallest absolute Gasteiger partial charge is 0.323 e. The average molecular weight is 540 g/mol. The second-order valence-electron chi connectivity index (χ2n) is 8.26. The molecule has 5 rings (SSSR count). The highest BCUT2D eigenvalue weighted by atomic mass is 32.1. The van der Waals surface area contributed by atoms with Crippen LogP contribution in [0.3, 0.4) is 0 Å². The maximum Gasteiger partial charge on any atom is 0.323 e. The van der Waals surface area contributed by atoms with Gasteiger partial charge in [0.2, 0.25) is 5.89 Å². The van der Waals surface area contributed by atoms with Crippen molar-refractivity contribution in [2.75, 3.05) is 6.54 Å². The number of hydrogen-bond donors (Lipinski definition) is 1. The molecule has 0 fully saturated rings. The number of fused-ring (bicyclic) bond motifs is 1. The molecule has 194 valence electrons. The largest absolute Gasteiger partial charge is 0.486 e. The summed E-state index contributed by atoms with van der Waals surface area (Å²) in [6, 6.07) is 7.83. The minimum Gasteiger partial charge on any atom is -0.486 e. The second-order valence-corrected chi connectivity index (χ2v) is 9.21. The number of carbonyl (C=O) groups is 2. The van der Waals surface area contributed by atoms with Crippen molar-refractivity contribution in [2.45, 2.75) is 20.1 Å². The van der Waals surface area contributed by atoms with Gasteiger partial charge in [-0.3, -0.25) is 9.59 Å². The number of benzene rings is 2. The SMILES string of the molecule is Cc1coc2c(-c3ccc(OCc4nc(C(=O)N(CC(=O)O)Cc5ncco5)cs4)cc3)cc(F)c(F)c12. The Morgan fingerprint density at radius 3 is 2.68 bits per heavy atom. The minimum absolute atomic E-state index is 0.0583. The molecule has 0 saturated carbocycles. The molecular weight excluding hydrogens is 520 g/mol. The molecule has 0 spiro atoms. The molecule has 1 amide bonds. The molecule has 0 aliphatic rings. The van der Waals surface area contributed by atoms with E-state index in [0.29, 0.717) is 27.4 Å². The van der Waals surface area contributed by atoms with Gasteiger partial charge in [-0.1, -0.05) is 12.1 Å². The first kappa shape index (κ1) is 25.1. The Balaban J connectivity index is 1.27.